The summed E-state index contributed by atoms with van der Waals surface area (Å²) in [6.07, 6.45) is 3.41. The second kappa shape index (κ2) is 8.27. The Balaban J connectivity index is 1.70. The molecular formula is C19H26N4O2. The fourth-order valence-electron chi connectivity index (χ4n) is 3.30. The summed E-state index contributed by atoms with van der Waals surface area (Å²) in [5, 5.41) is 6.40. The smallest absolute Gasteiger partial charge is 0.227 e. The number of benzene rings is 1. The zero-order chi connectivity index (χ0) is 17.6. The number of imidazole rings is 1. The van der Waals surface area contributed by atoms with E-state index in [1.807, 2.05) is 43.5 Å². The van der Waals surface area contributed by atoms with E-state index >= 15 is 0 Å². The number of nitrogens with one attached hydrogen (secondary N) is 3. The van der Waals surface area contributed by atoms with Gasteiger partial charge in [-0.15, -0.1) is 0 Å². The number of amides is 1. The van der Waals surface area contributed by atoms with Crippen molar-refractivity contribution in [2.24, 2.45) is 5.92 Å². The number of rotatable bonds is 6. The van der Waals surface area contributed by atoms with Crippen LogP contribution < -0.4 is 10.6 Å². The zero-order valence-corrected chi connectivity index (χ0v) is 14.8. The number of piperidine rings is 1. The number of carbonyl (C=O) groups excluding carboxylic acids is 1. The van der Waals surface area contributed by atoms with Crippen LogP contribution in [-0.2, 0) is 9.53 Å². The topological polar surface area (TPSA) is 79.0 Å². The zero-order valence-electron chi connectivity index (χ0n) is 14.8. The van der Waals surface area contributed by atoms with Crippen LogP contribution in [0.2, 0.25) is 0 Å². The van der Waals surface area contributed by atoms with Crippen LogP contribution in [-0.4, -0.2) is 42.2 Å². The van der Waals surface area contributed by atoms with E-state index in [-0.39, 0.29) is 24.0 Å². The summed E-state index contributed by atoms with van der Waals surface area (Å²) in [6, 6.07) is 9.91. The van der Waals surface area contributed by atoms with Crippen molar-refractivity contribution in [1.29, 1.82) is 0 Å². The second-order valence-electron chi connectivity index (χ2n) is 6.39. The van der Waals surface area contributed by atoms with Crippen molar-refractivity contribution in [2.45, 2.75) is 31.9 Å². The van der Waals surface area contributed by atoms with E-state index in [9.17, 15) is 4.79 Å². The van der Waals surface area contributed by atoms with Crippen LogP contribution in [0.15, 0.2) is 36.5 Å². The molecule has 2 heterocycles. The van der Waals surface area contributed by atoms with Crippen molar-refractivity contribution in [3.05, 3.63) is 42.4 Å². The van der Waals surface area contributed by atoms with Crippen LogP contribution in [0, 0.1) is 5.92 Å². The Morgan fingerprint density at radius 2 is 2.20 bits per heavy atom. The van der Waals surface area contributed by atoms with Gasteiger partial charge in [-0.25, -0.2) is 4.98 Å². The molecule has 0 radical (unpaired) electrons. The van der Waals surface area contributed by atoms with E-state index < -0.39 is 0 Å². The van der Waals surface area contributed by atoms with E-state index in [1.165, 1.54) is 0 Å². The molecule has 1 aromatic carbocycles. The highest BCUT2D eigenvalue weighted by Crippen LogP contribution is 2.22. The SMILES string of the molecule is CCC(NC(=O)C1CNCCC1OC)c1ncc(-c2ccccc2)[nH]1. The number of hydrogen-bond acceptors (Lipinski definition) is 4. The van der Waals surface area contributed by atoms with Crippen molar-refractivity contribution in [2.75, 3.05) is 20.2 Å². The molecule has 0 aliphatic carbocycles. The standard InChI is InChI=1S/C19H26N4O2/c1-3-15(23-19(24)14-11-20-10-9-17(14)25-2)18-21-12-16(22-18)13-7-5-4-6-8-13/h4-8,12,14-15,17,20H,3,9-11H2,1-2H3,(H,21,22)(H,23,24). The lowest BCUT2D eigenvalue weighted by molar-refractivity contribution is -0.131. The summed E-state index contributed by atoms with van der Waals surface area (Å²) >= 11 is 0. The molecule has 25 heavy (non-hydrogen) atoms. The van der Waals surface area contributed by atoms with Gasteiger partial charge >= 0.3 is 0 Å². The van der Waals surface area contributed by atoms with Crippen LogP contribution in [0.5, 0.6) is 0 Å². The first-order valence-electron chi connectivity index (χ1n) is 8.87. The molecule has 0 saturated carbocycles. The van der Waals surface area contributed by atoms with E-state index in [0.717, 1.165) is 36.5 Å². The molecule has 0 spiro atoms. The average Bonchev–Trinajstić information content (AvgIpc) is 3.16. The van der Waals surface area contributed by atoms with Gasteiger partial charge in [-0.2, -0.15) is 0 Å². The minimum absolute atomic E-state index is 0.0172. The summed E-state index contributed by atoms with van der Waals surface area (Å²) in [7, 11) is 1.67. The number of ether oxygens (including phenoxy) is 1. The Hall–Kier alpha value is -2.18. The van der Waals surface area contributed by atoms with E-state index in [0.29, 0.717) is 6.54 Å². The molecule has 1 saturated heterocycles. The third-order valence-electron chi connectivity index (χ3n) is 4.79. The Morgan fingerprint density at radius 1 is 1.40 bits per heavy atom. The second-order valence-corrected chi connectivity index (χ2v) is 6.39. The third-order valence-corrected chi connectivity index (χ3v) is 4.79. The Kier molecular flexibility index (Phi) is 5.83. The lowest BCUT2D eigenvalue weighted by Crippen LogP contribution is -2.49. The highest BCUT2D eigenvalue weighted by atomic mass is 16.5. The van der Waals surface area contributed by atoms with Gasteiger partial charge in [0.15, 0.2) is 0 Å². The molecular weight excluding hydrogens is 316 g/mol. The van der Waals surface area contributed by atoms with Gasteiger partial charge in [0, 0.05) is 13.7 Å². The number of aromatic amines is 1. The summed E-state index contributed by atoms with van der Waals surface area (Å²) < 4.78 is 5.48. The highest BCUT2D eigenvalue weighted by molar-refractivity contribution is 5.80. The van der Waals surface area contributed by atoms with Crippen molar-refractivity contribution in [1.82, 2.24) is 20.6 Å². The normalized spacial score (nSPS) is 21.7. The Morgan fingerprint density at radius 3 is 2.92 bits per heavy atom. The molecule has 3 N–H and O–H groups in total. The van der Waals surface area contributed by atoms with Gasteiger partial charge in [0.05, 0.1) is 30.0 Å². The first-order valence-corrected chi connectivity index (χ1v) is 8.87. The number of H-pyrrole nitrogens is 1. The van der Waals surface area contributed by atoms with Gasteiger partial charge in [0.2, 0.25) is 5.91 Å². The average molecular weight is 342 g/mol. The summed E-state index contributed by atoms with van der Waals surface area (Å²) in [5.41, 5.74) is 2.04. The molecule has 3 atom stereocenters. The van der Waals surface area contributed by atoms with E-state index in [1.54, 1.807) is 7.11 Å². The summed E-state index contributed by atoms with van der Waals surface area (Å²) in [4.78, 5) is 20.5. The summed E-state index contributed by atoms with van der Waals surface area (Å²) in [6.45, 7) is 3.58. The maximum absolute atomic E-state index is 12.7. The van der Waals surface area contributed by atoms with Crippen molar-refractivity contribution < 1.29 is 9.53 Å². The Bertz CT molecular complexity index is 686. The molecule has 1 aliphatic rings. The molecule has 3 rings (SSSR count). The predicted octanol–water partition coefficient (Wildman–Crippen LogP) is 2.27. The third kappa shape index (κ3) is 4.08. The van der Waals surface area contributed by atoms with Gasteiger partial charge in [0.25, 0.3) is 0 Å². The van der Waals surface area contributed by atoms with Crippen LogP contribution in [0.1, 0.15) is 31.6 Å². The predicted molar refractivity (Wildman–Crippen MR) is 97.0 cm³/mol. The molecule has 6 heteroatoms. The van der Waals surface area contributed by atoms with Crippen LogP contribution in [0.4, 0.5) is 0 Å². The van der Waals surface area contributed by atoms with Gasteiger partial charge in [-0.05, 0) is 24.9 Å². The number of carbonyl (C=O) groups is 1. The monoisotopic (exact) mass is 342 g/mol. The molecule has 1 aromatic heterocycles. The molecule has 2 aromatic rings. The minimum atomic E-state index is -0.170. The van der Waals surface area contributed by atoms with Crippen molar-refractivity contribution in [3.63, 3.8) is 0 Å². The van der Waals surface area contributed by atoms with Crippen LogP contribution in [0.3, 0.4) is 0 Å². The summed E-state index contributed by atoms with van der Waals surface area (Å²) in [5.74, 6) is 0.632. The molecule has 0 bridgehead atoms. The number of methoxy groups -OCH3 is 1. The molecule has 6 nitrogen and oxygen atoms in total. The largest absolute Gasteiger partial charge is 0.381 e. The lowest BCUT2D eigenvalue weighted by atomic mass is 9.94. The first kappa shape index (κ1) is 17.6. The maximum atomic E-state index is 12.7. The number of hydrogen-bond donors (Lipinski definition) is 3. The molecule has 3 unspecified atom stereocenters. The Labute approximate surface area is 148 Å². The quantitative estimate of drug-likeness (QED) is 0.752. The van der Waals surface area contributed by atoms with Gasteiger partial charge < -0.3 is 20.4 Å². The highest BCUT2D eigenvalue weighted by Gasteiger charge is 2.32. The van der Waals surface area contributed by atoms with Crippen molar-refractivity contribution >= 4 is 5.91 Å². The fraction of sp³-hybridized carbons (Fsp3) is 0.474. The van der Waals surface area contributed by atoms with Crippen molar-refractivity contribution in [3.8, 4) is 11.3 Å². The van der Waals surface area contributed by atoms with Gasteiger partial charge in [-0.3, -0.25) is 4.79 Å². The minimum Gasteiger partial charge on any atom is -0.381 e. The van der Waals surface area contributed by atoms with E-state index in [2.05, 4.69) is 20.6 Å². The maximum Gasteiger partial charge on any atom is 0.227 e. The molecule has 1 aliphatic heterocycles. The molecule has 134 valence electrons. The van der Waals surface area contributed by atoms with Crippen LogP contribution >= 0.6 is 0 Å². The fourth-order valence-corrected chi connectivity index (χ4v) is 3.30. The van der Waals surface area contributed by atoms with Gasteiger partial charge in [-0.1, -0.05) is 37.3 Å². The first-order chi connectivity index (χ1) is 12.2. The molecule has 1 amide bonds. The lowest BCUT2D eigenvalue weighted by Gasteiger charge is -2.31. The van der Waals surface area contributed by atoms with Gasteiger partial charge in [0.1, 0.15) is 5.82 Å². The van der Waals surface area contributed by atoms with Crippen LogP contribution in [0.25, 0.3) is 11.3 Å². The van der Waals surface area contributed by atoms with E-state index in [4.69, 9.17) is 4.74 Å². The number of nitrogens with zero attached hydrogens (tertiary/aromatic N) is 1. The number of aromatic nitrogens is 2. The molecule has 1 fully saturated rings.